The van der Waals surface area contributed by atoms with Crippen molar-refractivity contribution in [2.24, 2.45) is 11.8 Å². The first kappa shape index (κ1) is 10.1. The Bertz CT molecular complexity index is 264. The number of hydrogen-bond acceptors (Lipinski definition) is 3. The van der Waals surface area contributed by atoms with Gasteiger partial charge in [0, 0.05) is 5.92 Å². The fraction of sp³-hybridized carbons (Fsp3) is 1.00. The lowest BCUT2D eigenvalue weighted by molar-refractivity contribution is -0.217. The molecule has 3 aliphatic rings. The summed E-state index contributed by atoms with van der Waals surface area (Å²) in [5, 5.41) is 0. The van der Waals surface area contributed by atoms with Gasteiger partial charge in [-0.05, 0) is 32.6 Å². The molecule has 3 fully saturated rings. The first-order valence-electron chi connectivity index (χ1n) is 6.08. The predicted octanol–water partition coefficient (Wildman–Crippen LogP) is 2.30. The Balaban J connectivity index is 1.79. The normalized spacial score (nSPS) is 52.6. The van der Waals surface area contributed by atoms with E-state index < -0.39 is 5.79 Å². The zero-order valence-electron chi connectivity index (χ0n) is 9.73. The van der Waals surface area contributed by atoms with Crippen LogP contribution in [0.25, 0.3) is 0 Å². The van der Waals surface area contributed by atoms with Crippen LogP contribution < -0.4 is 0 Å². The Labute approximate surface area is 91.1 Å². The van der Waals surface area contributed by atoms with Crippen LogP contribution in [-0.2, 0) is 14.2 Å². The predicted molar refractivity (Wildman–Crippen MR) is 55.2 cm³/mol. The number of rotatable bonds is 0. The highest BCUT2D eigenvalue weighted by Crippen LogP contribution is 2.47. The van der Waals surface area contributed by atoms with Gasteiger partial charge in [0.1, 0.15) is 6.10 Å². The highest BCUT2D eigenvalue weighted by molar-refractivity contribution is 4.96. The maximum Gasteiger partial charge on any atom is 0.187 e. The monoisotopic (exact) mass is 212 g/mol. The minimum Gasteiger partial charge on any atom is -0.346 e. The zero-order chi connectivity index (χ0) is 10.6. The van der Waals surface area contributed by atoms with Crippen molar-refractivity contribution < 1.29 is 14.2 Å². The molecule has 0 spiro atoms. The SMILES string of the molecule is CC1CCC[C@H]2[C@H]3OC(C)(C)O[C@@H]3O[C@H]12. The minimum absolute atomic E-state index is 0.115. The third-order valence-corrected chi connectivity index (χ3v) is 3.98. The molecular formula is C12H20O3. The van der Waals surface area contributed by atoms with Crippen molar-refractivity contribution in [2.75, 3.05) is 0 Å². The maximum absolute atomic E-state index is 5.99. The van der Waals surface area contributed by atoms with Crippen molar-refractivity contribution in [3.05, 3.63) is 0 Å². The quantitative estimate of drug-likeness (QED) is 0.616. The second-order valence-electron chi connectivity index (χ2n) is 5.64. The van der Waals surface area contributed by atoms with Gasteiger partial charge >= 0.3 is 0 Å². The van der Waals surface area contributed by atoms with Crippen LogP contribution >= 0.6 is 0 Å². The molecule has 0 aromatic heterocycles. The van der Waals surface area contributed by atoms with E-state index in [9.17, 15) is 0 Å². The summed E-state index contributed by atoms with van der Waals surface area (Å²) >= 11 is 0. The lowest BCUT2D eigenvalue weighted by Gasteiger charge is -2.33. The van der Waals surface area contributed by atoms with Crippen LogP contribution in [0, 0.1) is 11.8 Å². The molecule has 0 N–H and O–H groups in total. The molecule has 0 bridgehead atoms. The Kier molecular flexibility index (Phi) is 2.14. The summed E-state index contributed by atoms with van der Waals surface area (Å²) in [6, 6.07) is 0. The van der Waals surface area contributed by atoms with Gasteiger partial charge in [0.2, 0.25) is 0 Å². The second kappa shape index (κ2) is 3.19. The van der Waals surface area contributed by atoms with Gasteiger partial charge in [-0.25, -0.2) is 0 Å². The molecule has 3 nitrogen and oxygen atoms in total. The molecule has 0 amide bonds. The van der Waals surface area contributed by atoms with Crippen LogP contribution in [-0.4, -0.2) is 24.3 Å². The van der Waals surface area contributed by atoms with Gasteiger partial charge in [0.25, 0.3) is 0 Å². The lowest BCUT2D eigenvalue weighted by atomic mass is 9.78. The molecule has 1 aliphatic carbocycles. The highest BCUT2D eigenvalue weighted by atomic mass is 16.8. The third-order valence-electron chi connectivity index (χ3n) is 3.98. The lowest BCUT2D eigenvalue weighted by Crippen LogP contribution is -2.36. The molecule has 3 heteroatoms. The molecule has 1 saturated carbocycles. The van der Waals surface area contributed by atoms with Gasteiger partial charge in [0.15, 0.2) is 12.1 Å². The first-order chi connectivity index (χ1) is 7.07. The smallest absolute Gasteiger partial charge is 0.187 e. The fourth-order valence-corrected chi connectivity index (χ4v) is 3.32. The van der Waals surface area contributed by atoms with Crippen molar-refractivity contribution in [1.29, 1.82) is 0 Å². The molecular weight excluding hydrogens is 192 g/mol. The molecule has 0 aromatic carbocycles. The Hall–Kier alpha value is -0.120. The Morgan fingerprint density at radius 3 is 2.67 bits per heavy atom. The van der Waals surface area contributed by atoms with Gasteiger partial charge in [-0.3, -0.25) is 0 Å². The topological polar surface area (TPSA) is 27.7 Å². The molecule has 86 valence electrons. The largest absolute Gasteiger partial charge is 0.346 e. The van der Waals surface area contributed by atoms with Crippen LogP contribution in [0.4, 0.5) is 0 Å². The summed E-state index contributed by atoms with van der Waals surface area (Å²) in [6.07, 6.45) is 4.24. The van der Waals surface area contributed by atoms with E-state index in [1.54, 1.807) is 0 Å². The van der Waals surface area contributed by atoms with Crippen LogP contribution in [0.15, 0.2) is 0 Å². The van der Waals surface area contributed by atoms with Crippen LogP contribution in [0.5, 0.6) is 0 Å². The van der Waals surface area contributed by atoms with Crippen LogP contribution in [0.2, 0.25) is 0 Å². The summed E-state index contributed by atoms with van der Waals surface area (Å²) in [5.74, 6) is 0.756. The average molecular weight is 212 g/mol. The maximum atomic E-state index is 5.99. The molecule has 15 heavy (non-hydrogen) atoms. The second-order valence-corrected chi connectivity index (χ2v) is 5.64. The van der Waals surface area contributed by atoms with Gasteiger partial charge in [-0.2, -0.15) is 0 Å². The molecule has 3 rings (SSSR count). The molecule has 0 radical (unpaired) electrons. The van der Waals surface area contributed by atoms with Crippen molar-refractivity contribution in [3.63, 3.8) is 0 Å². The van der Waals surface area contributed by atoms with E-state index in [1.165, 1.54) is 19.3 Å². The Morgan fingerprint density at radius 2 is 1.87 bits per heavy atom. The van der Waals surface area contributed by atoms with Gasteiger partial charge in [-0.1, -0.05) is 13.3 Å². The van der Waals surface area contributed by atoms with Crippen molar-refractivity contribution in [1.82, 2.24) is 0 Å². The van der Waals surface area contributed by atoms with Crippen LogP contribution in [0.1, 0.15) is 40.0 Å². The summed E-state index contributed by atoms with van der Waals surface area (Å²) < 4.78 is 17.7. The fourth-order valence-electron chi connectivity index (χ4n) is 3.32. The molecule has 2 aliphatic heterocycles. The molecule has 5 atom stereocenters. The van der Waals surface area contributed by atoms with E-state index in [2.05, 4.69) is 6.92 Å². The third kappa shape index (κ3) is 1.52. The van der Waals surface area contributed by atoms with Crippen molar-refractivity contribution in [2.45, 2.75) is 64.3 Å². The molecule has 1 unspecified atom stereocenters. The first-order valence-corrected chi connectivity index (χ1v) is 6.08. The zero-order valence-corrected chi connectivity index (χ0v) is 9.73. The van der Waals surface area contributed by atoms with E-state index in [0.29, 0.717) is 17.9 Å². The number of ether oxygens (including phenoxy) is 3. The van der Waals surface area contributed by atoms with Gasteiger partial charge < -0.3 is 14.2 Å². The average Bonchev–Trinajstić information content (AvgIpc) is 2.59. The van der Waals surface area contributed by atoms with Crippen LogP contribution in [0.3, 0.4) is 0 Å². The standard InChI is InChI=1S/C12H20O3/c1-7-5-4-6-8-9(7)13-11-10(8)14-12(2,3)15-11/h7-11H,4-6H2,1-3H3/t7?,8-,9-,10-,11+/m1/s1. The summed E-state index contributed by atoms with van der Waals surface area (Å²) in [4.78, 5) is 0. The summed E-state index contributed by atoms with van der Waals surface area (Å²) in [7, 11) is 0. The molecule has 0 aromatic rings. The van der Waals surface area contributed by atoms with E-state index in [0.717, 1.165) is 0 Å². The Morgan fingerprint density at radius 1 is 1.07 bits per heavy atom. The van der Waals surface area contributed by atoms with Gasteiger partial charge in [0.05, 0.1) is 6.10 Å². The van der Waals surface area contributed by atoms with Crippen molar-refractivity contribution >= 4 is 0 Å². The molecule has 2 saturated heterocycles. The number of fused-ring (bicyclic) bond motifs is 3. The van der Waals surface area contributed by atoms with Crippen molar-refractivity contribution in [3.8, 4) is 0 Å². The van der Waals surface area contributed by atoms with E-state index in [-0.39, 0.29) is 12.4 Å². The van der Waals surface area contributed by atoms with E-state index >= 15 is 0 Å². The van der Waals surface area contributed by atoms with E-state index in [1.807, 2.05) is 13.8 Å². The summed E-state index contributed by atoms with van der Waals surface area (Å²) in [5.41, 5.74) is 0. The van der Waals surface area contributed by atoms with E-state index in [4.69, 9.17) is 14.2 Å². The number of hydrogen-bond donors (Lipinski definition) is 0. The van der Waals surface area contributed by atoms with Gasteiger partial charge in [-0.15, -0.1) is 0 Å². The minimum atomic E-state index is -0.457. The summed E-state index contributed by atoms with van der Waals surface area (Å²) in [6.45, 7) is 6.22. The highest BCUT2D eigenvalue weighted by Gasteiger charge is 2.56. The molecule has 2 heterocycles.